The zero-order valence-electron chi connectivity index (χ0n) is 6.16. The summed E-state index contributed by atoms with van der Waals surface area (Å²) in [5, 5.41) is 10.3. The van der Waals surface area contributed by atoms with Crippen LogP contribution in [0.4, 0.5) is 0 Å². The molecule has 0 saturated carbocycles. The van der Waals surface area contributed by atoms with E-state index in [2.05, 4.69) is 15.9 Å². The van der Waals surface area contributed by atoms with Gasteiger partial charge in [-0.1, -0.05) is 28.1 Å². The molecule has 0 amide bonds. The first kappa shape index (κ1) is 9.00. The Bertz CT molecular complexity index is 301. The average Bonchev–Trinajstić information content (AvgIpc) is 2.06. The second kappa shape index (κ2) is 4.07. The van der Waals surface area contributed by atoms with Crippen molar-refractivity contribution in [2.24, 2.45) is 0 Å². The molecule has 61 valence electrons. The highest BCUT2D eigenvalue weighted by molar-refractivity contribution is 9.11. The van der Waals surface area contributed by atoms with E-state index in [4.69, 9.17) is 0 Å². The van der Waals surface area contributed by atoms with Crippen LogP contribution in [0.25, 0.3) is 6.08 Å². The van der Waals surface area contributed by atoms with Crippen molar-refractivity contribution in [2.75, 3.05) is 0 Å². The number of rotatable bonds is 2. The molecule has 0 aliphatic carbocycles. The van der Waals surface area contributed by atoms with Crippen molar-refractivity contribution < 1.29 is 9.90 Å². The van der Waals surface area contributed by atoms with Gasteiger partial charge in [0.05, 0.1) is 5.56 Å². The Hall–Kier alpha value is -1.09. The highest BCUT2D eigenvalue weighted by Gasteiger charge is 2.02. The molecular weight excluding hydrogens is 220 g/mol. The van der Waals surface area contributed by atoms with E-state index in [9.17, 15) is 9.90 Å². The smallest absolute Gasteiger partial charge is 0.242 e. The van der Waals surface area contributed by atoms with Crippen LogP contribution in [0.15, 0.2) is 29.3 Å². The minimum absolute atomic E-state index is 0.196. The van der Waals surface area contributed by atoms with Gasteiger partial charge in [0.2, 0.25) is 0 Å². The lowest BCUT2D eigenvalue weighted by Gasteiger charge is -1.92. The molecule has 0 N–H and O–H groups in total. The Labute approximate surface area is 78.7 Å². The number of carbonyl (C=O) groups excluding carboxylic acids is 1. The van der Waals surface area contributed by atoms with Crippen molar-refractivity contribution in [2.45, 2.75) is 0 Å². The largest absolute Gasteiger partial charge is 0.386 e. The summed E-state index contributed by atoms with van der Waals surface area (Å²) < 4.78 is 0. The fourth-order valence-corrected chi connectivity index (χ4v) is 1.11. The molecule has 0 heterocycles. The molecule has 1 aromatic carbocycles. The summed E-state index contributed by atoms with van der Waals surface area (Å²) in [6, 6.07) is 6.45. The third kappa shape index (κ3) is 2.20. The zero-order valence-corrected chi connectivity index (χ0v) is 7.74. The molecule has 1 rings (SSSR count). The Morgan fingerprint density at radius 1 is 1.25 bits per heavy atom. The first-order valence-corrected chi connectivity index (χ1v) is 4.24. The number of hydrogen-bond donors (Lipinski definition) is 0. The Morgan fingerprint density at radius 2 is 1.83 bits per heavy atom. The van der Waals surface area contributed by atoms with Gasteiger partial charge in [-0.15, -0.1) is 0 Å². The summed E-state index contributed by atoms with van der Waals surface area (Å²) in [6.45, 7) is 0. The highest BCUT2D eigenvalue weighted by Crippen LogP contribution is 2.07. The Balaban J connectivity index is 2.93. The van der Waals surface area contributed by atoms with E-state index in [0.29, 0.717) is 0 Å². The van der Waals surface area contributed by atoms with E-state index in [-0.39, 0.29) is 5.56 Å². The van der Waals surface area contributed by atoms with E-state index in [0.717, 1.165) is 5.56 Å². The molecular formula is C9H6BrO2. The van der Waals surface area contributed by atoms with Crippen molar-refractivity contribution in [3.05, 3.63) is 40.4 Å². The van der Waals surface area contributed by atoms with E-state index < -0.39 is 5.97 Å². The number of carbonyl (C=O) groups is 1. The molecule has 12 heavy (non-hydrogen) atoms. The third-order valence-corrected chi connectivity index (χ3v) is 1.67. The second-order valence-electron chi connectivity index (χ2n) is 2.20. The molecule has 1 aromatic rings. The van der Waals surface area contributed by atoms with Crippen LogP contribution in [0.2, 0.25) is 0 Å². The van der Waals surface area contributed by atoms with Gasteiger partial charge in [0.25, 0.3) is 0 Å². The van der Waals surface area contributed by atoms with Gasteiger partial charge in [-0.25, -0.2) is 9.90 Å². The monoisotopic (exact) mass is 225 g/mol. The maximum atomic E-state index is 10.3. The molecule has 0 aliphatic rings. The summed E-state index contributed by atoms with van der Waals surface area (Å²) in [7, 11) is 0. The van der Waals surface area contributed by atoms with Gasteiger partial charge in [0.15, 0.2) is 0 Å². The van der Waals surface area contributed by atoms with Gasteiger partial charge >= 0.3 is 5.97 Å². The molecule has 0 fully saturated rings. The molecule has 0 bridgehead atoms. The molecule has 0 aliphatic heterocycles. The molecule has 1 radical (unpaired) electrons. The molecule has 2 nitrogen and oxygen atoms in total. The Morgan fingerprint density at radius 3 is 2.25 bits per heavy atom. The van der Waals surface area contributed by atoms with Crippen molar-refractivity contribution in [1.29, 1.82) is 0 Å². The quantitative estimate of drug-likeness (QED) is 0.763. The van der Waals surface area contributed by atoms with Crippen LogP contribution in [-0.2, 0) is 5.11 Å². The first-order valence-electron chi connectivity index (χ1n) is 3.32. The van der Waals surface area contributed by atoms with E-state index in [1.54, 1.807) is 17.1 Å². The summed E-state index contributed by atoms with van der Waals surface area (Å²) in [5.41, 5.74) is 1.14. The average molecular weight is 226 g/mol. The van der Waals surface area contributed by atoms with Crippen molar-refractivity contribution >= 4 is 28.0 Å². The van der Waals surface area contributed by atoms with Crippen molar-refractivity contribution in [1.82, 2.24) is 0 Å². The fourth-order valence-electron chi connectivity index (χ4n) is 0.803. The Kier molecular flexibility index (Phi) is 3.05. The summed E-state index contributed by atoms with van der Waals surface area (Å²) in [5.74, 6) is -1.15. The molecule has 0 spiro atoms. The topological polar surface area (TPSA) is 37.0 Å². The molecule has 3 heteroatoms. The maximum absolute atomic E-state index is 10.3. The third-order valence-electron chi connectivity index (χ3n) is 1.40. The summed E-state index contributed by atoms with van der Waals surface area (Å²) in [6.07, 6.45) is 1.82. The first-order chi connectivity index (χ1) is 5.74. The lowest BCUT2D eigenvalue weighted by molar-refractivity contribution is 0.0573. The van der Waals surface area contributed by atoms with Crippen LogP contribution >= 0.6 is 15.9 Å². The van der Waals surface area contributed by atoms with Gasteiger partial charge in [0.1, 0.15) is 0 Å². The number of benzene rings is 1. The van der Waals surface area contributed by atoms with Crippen LogP contribution in [0, 0.1) is 0 Å². The standard InChI is InChI=1S/C9H6BrO2/c10-6-5-7-1-3-8(4-2-7)9(11)12/h1-6H/b6-5+. The van der Waals surface area contributed by atoms with Gasteiger partial charge in [-0.2, -0.15) is 0 Å². The van der Waals surface area contributed by atoms with E-state index in [1.807, 2.05) is 6.08 Å². The number of hydrogen-bond acceptors (Lipinski definition) is 1. The van der Waals surface area contributed by atoms with Gasteiger partial charge < -0.3 is 0 Å². The summed E-state index contributed by atoms with van der Waals surface area (Å²) in [4.78, 5) is 12.0. The normalized spacial score (nSPS) is 10.4. The minimum Gasteiger partial charge on any atom is -0.242 e. The van der Waals surface area contributed by atoms with Gasteiger partial charge in [0, 0.05) is 0 Å². The highest BCUT2D eigenvalue weighted by atomic mass is 79.9. The predicted octanol–water partition coefficient (Wildman–Crippen LogP) is 2.62. The maximum Gasteiger partial charge on any atom is 0.386 e. The minimum atomic E-state index is -1.15. The summed E-state index contributed by atoms with van der Waals surface area (Å²) >= 11 is 3.12. The molecule has 0 atom stereocenters. The molecule has 0 saturated heterocycles. The van der Waals surface area contributed by atoms with Crippen LogP contribution < -0.4 is 0 Å². The van der Waals surface area contributed by atoms with Gasteiger partial charge in [-0.3, -0.25) is 0 Å². The fraction of sp³-hybridized carbons (Fsp3) is 0. The van der Waals surface area contributed by atoms with E-state index in [1.165, 1.54) is 12.1 Å². The second-order valence-corrected chi connectivity index (χ2v) is 2.73. The van der Waals surface area contributed by atoms with Crippen molar-refractivity contribution in [3.8, 4) is 0 Å². The zero-order chi connectivity index (χ0) is 8.97. The lowest BCUT2D eigenvalue weighted by Crippen LogP contribution is -1.92. The van der Waals surface area contributed by atoms with Crippen LogP contribution in [-0.4, -0.2) is 5.97 Å². The molecule has 0 unspecified atom stereocenters. The molecule has 0 aromatic heterocycles. The number of halogens is 1. The van der Waals surface area contributed by atoms with Gasteiger partial charge in [-0.05, 0) is 28.8 Å². The van der Waals surface area contributed by atoms with E-state index >= 15 is 0 Å². The SMILES string of the molecule is [O]C(=O)c1ccc(/C=C/Br)cc1. The van der Waals surface area contributed by atoms with Crippen LogP contribution in [0.5, 0.6) is 0 Å². The van der Waals surface area contributed by atoms with Crippen LogP contribution in [0.3, 0.4) is 0 Å². The predicted molar refractivity (Wildman–Crippen MR) is 49.4 cm³/mol. The lowest BCUT2D eigenvalue weighted by atomic mass is 10.1. The van der Waals surface area contributed by atoms with Crippen molar-refractivity contribution in [3.63, 3.8) is 0 Å². The van der Waals surface area contributed by atoms with Crippen LogP contribution in [0.1, 0.15) is 15.9 Å².